The second kappa shape index (κ2) is 12.2. The molecular weight excluding hydrogens is 418 g/mol. The van der Waals surface area contributed by atoms with E-state index in [1.165, 1.54) is 0 Å². The van der Waals surface area contributed by atoms with Crippen LogP contribution >= 0.6 is 0 Å². The molecule has 0 aliphatic carbocycles. The number of amides is 3. The molecule has 3 amide bonds. The van der Waals surface area contributed by atoms with Gasteiger partial charge in [0.05, 0.1) is 0 Å². The predicted octanol–water partition coefficient (Wildman–Crippen LogP) is 2.80. The zero-order chi connectivity index (χ0) is 23.6. The van der Waals surface area contributed by atoms with Crippen LogP contribution < -0.4 is 10.6 Å². The zero-order valence-electron chi connectivity index (χ0n) is 19.4. The Hall–Kier alpha value is -3.19. The molecule has 2 N–H and O–H groups in total. The number of nitrogens with one attached hydrogen (secondary N) is 2. The van der Waals surface area contributed by atoms with E-state index in [1.54, 1.807) is 13.2 Å². The molecule has 0 aromatic heterocycles. The highest BCUT2D eigenvalue weighted by atomic mass is 16.5. The summed E-state index contributed by atoms with van der Waals surface area (Å²) in [6, 6.07) is 15.9. The van der Waals surface area contributed by atoms with Gasteiger partial charge in [-0.3, -0.25) is 14.4 Å². The summed E-state index contributed by atoms with van der Waals surface area (Å²) < 4.78 is 5.05. The highest BCUT2D eigenvalue weighted by molar-refractivity contribution is 5.98. The molecule has 176 valence electrons. The largest absolute Gasteiger partial charge is 0.385 e. The molecule has 0 bridgehead atoms. The van der Waals surface area contributed by atoms with Gasteiger partial charge in [0.25, 0.3) is 11.8 Å². The minimum absolute atomic E-state index is 0.00133. The van der Waals surface area contributed by atoms with E-state index in [9.17, 15) is 14.4 Å². The molecule has 2 aromatic carbocycles. The van der Waals surface area contributed by atoms with Crippen molar-refractivity contribution in [2.24, 2.45) is 5.92 Å². The predicted molar refractivity (Wildman–Crippen MR) is 127 cm³/mol. The maximum atomic E-state index is 13.0. The Morgan fingerprint density at radius 3 is 2.36 bits per heavy atom. The van der Waals surface area contributed by atoms with Crippen LogP contribution in [0.1, 0.15) is 45.5 Å². The molecule has 2 aromatic rings. The highest BCUT2D eigenvalue weighted by Gasteiger charge is 2.34. The number of carbonyl (C=O) groups excluding carboxylic acids is 3. The van der Waals surface area contributed by atoms with Crippen molar-refractivity contribution in [1.82, 2.24) is 15.5 Å². The van der Waals surface area contributed by atoms with Crippen LogP contribution in [-0.2, 0) is 9.53 Å². The maximum Gasteiger partial charge on any atom is 0.253 e. The summed E-state index contributed by atoms with van der Waals surface area (Å²) in [4.78, 5) is 40.6. The lowest BCUT2D eigenvalue weighted by molar-refractivity contribution is -0.124. The molecule has 1 heterocycles. The molecule has 1 saturated heterocycles. The summed E-state index contributed by atoms with van der Waals surface area (Å²) in [6.45, 7) is 4.01. The van der Waals surface area contributed by atoms with Crippen LogP contribution in [0.25, 0.3) is 0 Å². The van der Waals surface area contributed by atoms with Crippen LogP contribution in [0.3, 0.4) is 0 Å². The first-order valence-corrected chi connectivity index (χ1v) is 11.5. The average Bonchev–Trinajstić information content (AvgIpc) is 2.85. The van der Waals surface area contributed by atoms with E-state index < -0.39 is 6.04 Å². The van der Waals surface area contributed by atoms with Gasteiger partial charge in [0.1, 0.15) is 6.04 Å². The third kappa shape index (κ3) is 6.65. The monoisotopic (exact) mass is 451 g/mol. The summed E-state index contributed by atoms with van der Waals surface area (Å²) in [7, 11) is 1.62. The Labute approximate surface area is 195 Å². The SMILES string of the molecule is COCCCNC(=O)C(NC(=O)c1ccccc1C)C1CCN(C(=O)c2ccccc2)CC1. The molecule has 0 spiro atoms. The van der Waals surface area contributed by atoms with Gasteiger partial charge < -0.3 is 20.3 Å². The number of carbonyl (C=O) groups is 3. The summed E-state index contributed by atoms with van der Waals surface area (Å²) in [5.41, 5.74) is 2.08. The topological polar surface area (TPSA) is 87.7 Å². The number of hydrogen-bond acceptors (Lipinski definition) is 4. The van der Waals surface area contributed by atoms with Crippen molar-refractivity contribution in [2.75, 3.05) is 33.4 Å². The van der Waals surface area contributed by atoms with E-state index in [0.29, 0.717) is 56.6 Å². The summed E-state index contributed by atoms with van der Waals surface area (Å²) in [6.07, 6.45) is 1.98. The third-order valence-electron chi connectivity index (χ3n) is 6.10. The van der Waals surface area contributed by atoms with Crippen LogP contribution in [0.2, 0.25) is 0 Å². The van der Waals surface area contributed by atoms with E-state index in [0.717, 1.165) is 5.56 Å². The number of benzene rings is 2. The second-order valence-corrected chi connectivity index (χ2v) is 8.40. The van der Waals surface area contributed by atoms with Gasteiger partial charge >= 0.3 is 0 Å². The lowest BCUT2D eigenvalue weighted by Gasteiger charge is -2.36. The van der Waals surface area contributed by atoms with Gasteiger partial charge in [-0.15, -0.1) is 0 Å². The number of nitrogens with zero attached hydrogens (tertiary/aromatic N) is 1. The Balaban J connectivity index is 1.67. The van der Waals surface area contributed by atoms with Crippen molar-refractivity contribution in [3.63, 3.8) is 0 Å². The minimum Gasteiger partial charge on any atom is -0.385 e. The fourth-order valence-electron chi connectivity index (χ4n) is 4.18. The van der Waals surface area contributed by atoms with Gasteiger partial charge in [-0.05, 0) is 55.9 Å². The van der Waals surface area contributed by atoms with E-state index in [2.05, 4.69) is 10.6 Å². The maximum absolute atomic E-state index is 13.0. The summed E-state index contributed by atoms with van der Waals surface area (Å²) in [5.74, 6) is -0.507. The fourth-order valence-corrected chi connectivity index (χ4v) is 4.18. The molecule has 1 atom stereocenters. The number of piperidine rings is 1. The molecule has 7 nitrogen and oxygen atoms in total. The van der Waals surface area contributed by atoms with Gasteiger partial charge in [0.2, 0.25) is 5.91 Å². The number of hydrogen-bond donors (Lipinski definition) is 2. The van der Waals surface area contributed by atoms with Crippen LogP contribution in [0, 0.1) is 12.8 Å². The van der Waals surface area contributed by atoms with E-state index >= 15 is 0 Å². The van der Waals surface area contributed by atoms with Crippen molar-refractivity contribution in [3.05, 3.63) is 71.3 Å². The Morgan fingerprint density at radius 2 is 1.70 bits per heavy atom. The number of likely N-dealkylation sites (tertiary alicyclic amines) is 1. The van der Waals surface area contributed by atoms with Crippen LogP contribution in [-0.4, -0.2) is 62.0 Å². The van der Waals surface area contributed by atoms with Gasteiger partial charge in [-0.25, -0.2) is 0 Å². The molecule has 0 radical (unpaired) electrons. The van der Waals surface area contributed by atoms with E-state index in [4.69, 9.17) is 4.74 Å². The molecule has 1 unspecified atom stereocenters. The molecule has 3 rings (SSSR count). The summed E-state index contributed by atoms with van der Waals surface area (Å²) in [5, 5.41) is 5.91. The van der Waals surface area contributed by atoms with Gasteiger partial charge in [-0.1, -0.05) is 36.4 Å². The lowest BCUT2D eigenvalue weighted by atomic mass is 9.88. The lowest BCUT2D eigenvalue weighted by Crippen LogP contribution is -2.54. The Morgan fingerprint density at radius 1 is 1.03 bits per heavy atom. The van der Waals surface area contributed by atoms with Crippen molar-refractivity contribution in [2.45, 2.75) is 32.2 Å². The molecule has 7 heteroatoms. The summed E-state index contributed by atoms with van der Waals surface area (Å²) >= 11 is 0. The molecular formula is C26H33N3O4. The molecule has 33 heavy (non-hydrogen) atoms. The average molecular weight is 452 g/mol. The van der Waals surface area contributed by atoms with Crippen LogP contribution in [0.5, 0.6) is 0 Å². The van der Waals surface area contributed by atoms with Crippen molar-refractivity contribution in [3.8, 4) is 0 Å². The standard InChI is InChI=1S/C26H33N3O4/c1-19-9-6-7-12-22(19)24(30)28-23(25(31)27-15-8-18-33-2)20-13-16-29(17-14-20)26(32)21-10-4-3-5-11-21/h3-7,9-12,20,23H,8,13-18H2,1-2H3,(H,27,31)(H,28,30). The Kier molecular flexibility index (Phi) is 9.01. The minimum atomic E-state index is -0.659. The van der Waals surface area contributed by atoms with E-state index in [1.807, 2.05) is 60.4 Å². The molecule has 1 aliphatic rings. The first kappa shape index (κ1) is 24.5. The van der Waals surface area contributed by atoms with Crippen LogP contribution in [0.15, 0.2) is 54.6 Å². The molecule has 1 fully saturated rings. The van der Waals surface area contributed by atoms with Crippen molar-refractivity contribution in [1.29, 1.82) is 0 Å². The first-order valence-electron chi connectivity index (χ1n) is 11.5. The van der Waals surface area contributed by atoms with Crippen molar-refractivity contribution < 1.29 is 19.1 Å². The van der Waals surface area contributed by atoms with E-state index in [-0.39, 0.29) is 23.6 Å². The molecule has 1 aliphatic heterocycles. The molecule has 0 saturated carbocycles. The normalized spacial score (nSPS) is 15.0. The van der Waals surface area contributed by atoms with Gasteiger partial charge in [-0.2, -0.15) is 0 Å². The second-order valence-electron chi connectivity index (χ2n) is 8.40. The number of methoxy groups -OCH3 is 1. The van der Waals surface area contributed by atoms with Crippen LogP contribution in [0.4, 0.5) is 0 Å². The fraction of sp³-hybridized carbons (Fsp3) is 0.423. The number of rotatable bonds is 9. The number of aryl methyl sites for hydroxylation is 1. The highest BCUT2D eigenvalue weighted by Crippen LogP contribution is 2.23. The zero-order valence-corrected chi connectivity index (χ0v) is 19.4. The quantitative estimate of drug-likeness (QED) is 0.574. The third-order valence-corrected chi connectivity index (χ3v) is 6.10. The number of ether oxygens (including phenoxy) is 1. The van der Waals surface area contributed by atoms with Gasteiger partial charge in [0.15, 0.2) is 0 Å². The Bertz CT molecular complexity index is 940. The smallest absolute Gasteiger partial charge is 0.253 e. The van der Waals surface area contributed by atoms with Crippen molar-refractivity contribution >= 4 is 17.7 Å². The first-order chi connectivity index (χ1) is 16.0. The van der Waals surface area contributed by atoms with Gasteiger partial charge in [0, 0.05) is 44.5 Å².